The van der Waals surface area contributed by atoms with Crippen LogP contribution >= 0.6 is 10.3 Å². The average Bonchev–Trinajstić information content (AvgIpc) is 3.18. The van der Waals surface area contributed by atoms with Crippen LogP contribution in [0.15, 0.2) is 0 Å². The zero-order valence-electron chi connectivity index (χ0n) is 21.9. The van der Waals surface area contributed by atoms with Gasteiger partial charge in [0, 0.05) is 23.3 Å². The molecule has 35 heavy (non-hydrogen) atoms. The van der Waals surface area contributed by atoms with E-state index in [0.29, 0.717) is 19.3 Å². The lowest BCUT2D eigenvalue weighted by atomic mass is 9.70. The number of carbonyl (C=O) groups is 2. The Hall–Kier alpha value is -0.400. The molecule has 5 fully saturated rings. The van der Waals surface area contributed by atoms with Crippen molar-refractivity contribution in [3.05, 3.63) is 0 Å². The summed E-state index contributed by atoms with van der Waals surface area (Å²) in [5.74, 6) is 0.473. The molecule has 0 saturated heterocycles. The molecule has 0 aliphatic heterocycles. The van der Waals surface area contributed by atoms with E-state index in [1.807, 2.05) is 0 Å². The highest BCUT2D eigenvalue weighted by Crippen LogP contribution is 2.71. The molecule has 3 unspecified atom stereocenters. The third kappa shape index (κ3) is 4.37. The van der Waals surface area contributed by atoms with Gasteiger partial charge in [-0.15, -0.1) is 10.3 Å². The molecule has 2 bridgehead atoms. The summed E-state index contributed by atoms with van der Waals surface area (Å²) in [6, 6.07) is 0. The summed E-state index contributed by atoms with van der Waals surface area (Å²) in [4.78, 5) is 26.7. The standard InChI is InChI=1S/C28H46O5S2/c1-27(2)21-17-18-28(27,26(30)19-21)20-34(31,32)33-35(22-11-5-3-6-12-22,23-13-7-4-8-14-23)25-16-10-9-15-24(25)29/h21-23,25H,3-20H2,1-2H3. The maximum absolute atomic E-state index is 14.2. The Morgan fingerprint density at radius 1 is 0.800 bits per heavy atom. The van der Waals surface area contributed by atoms with Crippen LogP contribution in [0.25, 0.3) is 0 Å². The molecule has 5 aliphatic rings. The number of Topliss-reactive ketones (excluding diaryl/α,β-unsaturated/α-hetero) is 2. The Balaban J connectivity index is 1.55. The first-order valence-electron chi connectivity index (χ1n) is 14.4. The van der Waals surface area contributed by atoms with E-state index in [4.69, 9.17) is 3.63 Å². The molecule has 0 amide bonds. The van der Waals surface area contributed by atoms with E-state index in [-0.39, 0.29) is 44.4 Å². The summed E-state index contributed by atoms with van der Waals surface area (Å²) in [6.07, 6.45) is 16.1. The van der Waals surface area contributed by atoms with Crippen LogP contribution in [0.3, 0.4) is 0 Å². The molecular formula is C28H46O5S2. The lowest BCUT2D eigenvalue weighted by Gasteiger charge is -2.57. The molecule has 3 atom stereocenters. The summed E-state index contributed by atoms with van der Waals surface area (Å²) >= 11 is 0. The average molecular weight is 527 g/mol. The lowest BCUT2D eigenvalue weighted by molar-refractivity contribution is -0.128. The number of ketones is 2. The van der Waals surface area contributed by atoms with Gasteiger partial charge in [0.05, 0.1) is 16.4 Å². The van der Waals surface area contributed by atoms with Gasteiger partial charge in [0.1, 0.15) is 11.6 Å². The zero-order chi connectivity index (χ0) is 24.9. The molecule has 5 aliphatic carbocycles. The van der Waals surface area contributed by atoms with E-state index in [0.717, 1.165) is 77.0 Å². The minimum atomic E-state index is -3.98. The van der Waals surface area contributed by atoms with Gasteiger partial charge in [0.2, 0.25) is 0 Å². The van der Waals surface area contributed by atoms with Gasteiger partial charge in [0.15, 0.2) is 0 Å². The molecule has 200 valence electrons. The van der Waals surface area contributed by atoms with Crippen molar-refractivity contribution in [3.63, 3.8) is 0 Å². The quantitative estimate of drug-likeness (QED) is 0.372. The Kier molecular flexibility index (Phi) is 7.28. The van der Waals surface area contributed by atoms with E-state index < -0.39 is 25.8 Å². The van der Waals surface area contributed by atoms with Crippen LogP contribution in [-0.2, 0) is 23.3 Å². The number of fused-ring (bicyclic) bond motifs is 2. The van der Waals surface area contributed by atoms with Crippen LogP contribution in [0.1, 0.15) is 123 Å². The van der Waals surface area contributed by atoms with E-state index >= 15 is 0 Å². The first-order valence-corrected chi connectivity index (χ1v) is 17.7. The summed E-state index contributed by atoms with van der Waals surface area (Å²) in [5.41, 5.74) is -1.13. The highest BCUT2D eigenvalue weighted by molar-refractivity contribution is 8.34. The zero-order valence-corrected chi connectivity index (χ0v) is 23.5. The van der Waals surface area contributed by atoms with Crippen molar-refractivity contribution in [2.75, 3.05) is 5.75 Å². The van der Waals surface area contributed by atoms with Crippen molar-refractivity contribution in [2.45, 2.75) is 139 Å². The summed E-state index contributed by atoms with van der Waals surface area (Å²) in [6.45, 7) is 4.19. The highest BCUT2D eigenvalue weighted by Gasteiger charge is 2.66. The first kappa shape index (κ1) is 26.2. The van der Waals surface area contributed by atoms with E-state index in [1.54, 1.807) is 0 Å². The molecule has 7 heteroatoms. The van der Waals surface area contributed by atoms with Gasteiger partial charge in [0.25, 0.3) is 10.1 Å². The molecule has 0 N–H and O–H groups in total. The Bertz CT molecular complexity index is 911. The highest BCUT2D eigenvalue weighted by atomic mass is 32.3. The molecule has 5 rings (SSSR count). The molecule has 0 aromatic rings. The van der Waals surface area contributed by atoms with E-state index in [9.17, 15) is 18.0 Å². The van der Waals surface area contributed by atoms with Crippen molar-refractivity contribution in [2.24, 2.45) is 16.7 Å². The van der Waals surface area contributed by atoms with Gasteiger partial charge in [-0.2, -0.15) is 8.42 Å². The van der Waals surface area contributed by atoms with Gasteiger partial charge in [-0.3, -0.25) is 9.59 Å². The van der Waals surface area contributed by atoms with Crippen LogP contribution in [0.5, 0.6) is 0 Å². The SMILES string of the molecule is CC1(C)C2CCC1(CS(=O)(=O)OS(C1CCCCC1)(C1CCCCC1)C1CCCCC1=O)C(=O)C2. The second-order valence-electron chi connectivity index (χ2n) is 12.9. The van der Waals surface area contributed by atoms with Crippen molar-refractivity contribution >= 4 is 32.0 Å². The number of carbonyl (C=O) groups excluding carboxylic acids is 2. The van der Waals surface area contributed by atoms with Gasteiger partial charge < -0.3 is 0 Å². The molecule has 0 aromatic heterocycles. The van der Waals surface area contributed by atoms with Crippen LogP contribution < -0.4 is 0 Å². The van der Waals surface area contributed by atoms with Crippen molar-refractivity contribution in [1.29, 1.82) is 0 Å². The largest absolute Gasteiger partial charge is 0.299 e. The molecular weight excluding hydrogens is 480 g/mol. The number of hydrogen-bond acceptors (Lipinski definition) is 5. The minimum Gasteiger partial charge on any atom is -0.299 e. The van der Waals surface area contributed by atoms with Gasteiger partial charge in [-0.25, -0.2) is 3.63 Å². The lowest BCUT2D eigenvalue weighted by Crippen LogP contribution is -2.48. The molecule has 0 aromatic carbocycles. The summed E-state index contributed by atoms with van der Waals surface area (Å²) in [5, 5.41) is 0.155. The van der Waals surface area contributed by atoms with Crippen molar-refractivity contribution < 1.29 is 21.6 Å². The summed E-state index contributed by atoms with van der Waals surface area (Å²) < 4.78 is 35.1. The van der Waals surface area contributed by atoms with Gasteiger partial charge >= 0.3 is 0 Å². The Morgan fingerprint density at radius 3 is 1.86 bits per heavy atom. The predicted octanol–water partition coefficient (Wildman–Crippen LogP) is 6.62. The minimum absolute atomic E-state index is 0.121. The van der Waals surface area contributed by atoms with Gasteiger partial charge in [-0.1, -0.05) is 58.8 Å². The predicted molar refractivity (Wildman–Crippen MR) is 142 cm³/mol. The number of hydrogen-bond donors (Lipinski definition) is 0. The Labute approximate surface area is 214 Å². The molecule has 0 spiro atoms. The summed E-state index contributed by atoms with van der Waals surface area (Å²) in [7, 11) is -6.15. The first-order chi connectivity index (χ1) is 16.6. The second kappa shape index (κ2) is 9.72. The maximum atomic E-state index is 14.2. The molecule has 5 nitrogen and oxygen atoms in total. The van der Waals surface area contributed by atoms with Gasteiger partial charge in [-0.05, 0) is 62.7 Å². The van der Waals surface area contributed by atoms with Crippen LogP contribution in [0, 0.1) is 16.7 Å². The normalized spacial score (nSPS) is 35.5. The third-order valence-corrected chi connectivity index (χ3v) is 17.9. The van der Waals surface area contributed by atoms with Crippen LogP contribution in [0.4, 0.5) is 0 Å². The van der Waals surface area contributed by atoms with E-state index in [1.165, 1.54) is 12.8 Å². The van der Waals surface area contributed by atoms with Crippen molar-refractivity contribution in [1.82, 2.24) is 0 Å². The Morgan fingerprint density at radius 2 is 1.37 bits per heavy atom. The fraction of sp³-hybridized carbons (Fsp3) is 0.929. The van der Waals surface area contributed by atoms with Crippen LogP contribution in [0.2, 0.25) is 0 Å². The van der Waals surface area contributed by atoms with Crippen molar-refractivity contribution in [3.8, 4) is 0 Å². The molecule has 0 radical (unpaired) electrons. The monoisotopic (exact) mass is 526 g/mol. The molecule has 0 heterocycles. The van der Waals surface area contributed by atoms with E-state index in [2.05, 4.69) is 13.8 Å². The maximum Gasteiger partial charge on any atom is 0.277 e. The third-order valence-electron chi connectivity index (χ3n) is 10.9. The fourth-order valence-electron chi connectivity index (χ4n) is 8.72. The molecule has 5 saturated carbocycles. The number of rotatable bonds is 7. The fourth-order valence-corrected chi connectivity index (χ4v) is 17.6. The topological polar surface area (TPSA) is 77.5 Å². The smallest absolute Gasteiger partial charge is 0.277 e. The second-order valence-corrected chi connectivity index (χ2v) is 18.1. The van der Waals surface area contributed by atoms with Crippen LogP contribution in [-0.4, -0.2) is 41.5 Å².